The first-order valence-corrected chi connectivity index (χ1v) is 7.38. The molecule has 1 unspecified atom stereocenters. The number of methoxy groups -OCH3 is 1. The van der Waals surface area contributed by atoms with E-state index in [2.05, 4.69) is 5.32 Å². The van der Waals surface area contributed by atoms with E-state index in [-0.39, 0.29) is 5.91 Å². The summed E-state index contributed by atoms with van der Waals surface area (Å²) in [5.74, 6) is 0.940. The van der Waals surface area contributed by atoms with Crippen LogP contribution in [0.15, 0.2) is 48.5 Å². The summed E-state index contributed by atoms with van der Waals surface area (Å²) in [6.45, 7) is 1.89. The van der Waals surface area contributed by atoms with Crippen LogP contribution < -0.4 is 14.8 Å². The van der Waals surface area contributed by atoms with Gasteiger partial charge in [0.25, 0.3) is 5.91 Å². The third-order valence-electron chi connectivity index (χ3n) is 3.10. The van der Waals surface area contributed by atoms with E-state index in [1.54, 1.807) is 43.5 Å². The van der Waals surface area contributed by atoms with Crippen molar-refractivity contribution in [2.75, 3.05) is 12.4 Å². The molecule has 0 bridgehead atoms. The maximum Gasteiger partial charge on any atom is 0.265 e. The lowest BCUT2D eigenvalue weighted by molar-refractivity contribution is -0.122. The average Bonchev–Trinajstić information content (AvgIpc) is 2.53. The minimum atomic E-state index is -0.608. The smallest absolute Gasteiger partial charge is 0.265 e. The molecule has 1 amide bonds. The minimum absolute atomic E-state index is 0.230. The number of carbonyl (C=O) groups excluding carboxylic acids is 1. The van der Waals surface area contributed by atoms with Gasteiger partial charge in [0.1, 0.15) is 11.5 Å². The Hall–Kier alpha value is -2.20. The van der Waals surface area contributed by atoms with Crippen molar-refractivity contribution < 1.29 is 14.3 Å². The normalized spacial score (nSPS) is 11.6. The van der Waals surface area contributed by atoms with Crippen LogP contribution in [-0.4, -0.2) is 19.1 Å². The van der Waals surface area contributed by atoms with Crippen molar-refractivity contribution in [2.24, 2.45) is 0 Å². The van der Waals surface area contributed by atoms with E-state index in [0.29, 0.717) is 28.6 Å². The fraction of sp³-hybridized carbons (Fsp3) is 0.235. The Morgan fingerprint density at radius 2 is 2.00 bits per heavy atom. The number of nitrogens with one attached hydrogen (secondary N) is 1. The zero-order valence-corrected chi connectivity index (χ0v) is 13.3. The highest BCUT2D eigenvalue weighted by Crippen LogP contribution is 2.24. The molecule has 116 valence electrons. The summed E-state index contributed by atoms with van der Waals surface area (Å²) in [5.41, 5.74) is 0.614. The van der Waals surface area contributed by atoms with Crippen LogP contribution in [0.3, 0.4) is 0 Å². The lowest BCUT2D eigenvalue weighted by Crippen LogP contribution is -2.32. The molecule has 2 aromatic rings. The number of benzene rings is 2. The van der Waals surface area contributed by atoms with E-state index in [1.165, 1.54) is 0 Å². The molecular formula is C17H18ClNO3. The molecule has 0 saturated heterocycles. The van der Waals surface area contributed by atoms with E-state index in [0.717, 1.165) is 0 Å². The predicted molar refractivity (Wildman–Crippen MR) is 87.8 cm³/mol. The number of ether oxygens (including phenoxy) is 2. The molecule has 0 radical (unpaired) electrons. The zero-order chi connectivity index (χ0) is 15.9. The summed E-state index contributed by atoms with van der Waals surface area (Å²) in [6, 6.07) is 14.2. The molecule has 0 heterocycles. The summed E-state index contributed by atoms with van der Waals surface area (Å²) < 4.78 is 10.9. The highest BCUT2D eigenvalue weighted by molar-refractivity contribution is 6.30. The first kappa shape index (κ1) is 16.2. The van der Waals surface area contributed by atoms with Crippen LogP contribution in [0.2, 0.25) is 5.02 Å². The van der Waals surface area contributed by atoms with Crippen LogP contribution >= 0.6 is 11.6 Å². The monoisotopic (exact) mass is 319 g/mol. The molecule has 0 aliphatic heterocycles. The average molecular weight is 320 g/mol. The molecule has 0 aliphatic carbocycles. The van der Waals surface area contributed by atoms with Gasteiger partial charge in [0, 0.05) is 5.02 Å². The van der Waals surface area contributed by atoms with E-state index in [1.807, 2.05) is 19.1 Å². The van der Waals surface area contributed by atoms with Crippen molar-refractivity contribution in [1.29, 1.82) is 0 Å². The lowest BCUT2D eigenvalue weighted by Gasteiger charge is -2.18. The van der Waals surface area contributed by atoms with Gasteiger partial charge >= 0.3 is 0 Å². The Balaban J connectivity index is 2.09. The van der Waals surface area contributed by atoms with E-state index in [9.17, 15) is 4.79 Å². The van der Waals surface area contributed by atoms with Crippen molar-refractivity contribution in [3.63, 3.8) is 0 Å². The van der Waals surface area contributed by atoms with Gasteiger partial charge < -0.3 is 14.8 Å². The van der Waals surface area contributed by atoms with Crippen molar-refractivity contribution in [3.05, 3.63) is 53.6 Å². The molecule has 5 heteroatoms. The van der Waals surface area contributed by atoms with Crippen molar-refractivity contribution in [3.8, 4) is 11.5 Å². The van der Waals surface area contributed by atoms with Crippen molar-refractivity contribution in [2.45, 2.75) is 19.4 Å². The number of halogens is 1. The predicted octanol–water partition coefficient (Wildman–Crippen LogP) is 4.14. The van der Waals surface area contributed by atoms with Crippen LogP contribution in [0, 0.1) is 0 Å². The van der Waals surface area contributed by atoms with Crippen molar-refractivity contribution in [1.82, 2.24) is 0 Å². The molecule has 0 fully saturated rings. The molecule has 1 atom stereocenters. The molecule has 2 rings (SSSR count). The molecule has 0 saturated carbocycles. The van der Waals surface area contributed by atoms with E-state index < -0.39 is 6.10 Å². The Morgan fingerprint density at radius 3 is 2.68 bits per heavy atom. The third kappa shape index (κ3) is 4.15. The van der Waals surface area contributed by atoms with Gasteiger partial charge in [-0.2, -0.15) is 0 Å². The Kier molecular flexibility index (Phi) is 5.67. The van der Waals surface area contributed by atoms with Crippen LogP contribution in [0.4, 0.5) is 5.69 Å². The van der Waals surface area contributed by atoms with Gasteiger partial charge in [0.15, 0.2) is 6.10 Å². The number of anilines is 1. The third-order valence-corrected chi connectivity index (χ3v) is 3.34. The topological polar surface area (TPSA) is 47.6 Å². The number of carbonyl (C=O) groups is 1. The summed E-state index contributed by atoms with van der Waals surface area (Å²) in [7, 11) is 1.56. The SMILES string of the molecule is CCC(Oc1cccc(Cl)c1)C(=O)Nc1ccccc1OC. The Bertz CT molecular complexity index is 645. The van der Waals surface area contributed by atoms with Crippen LogP contribution in [0.1, 0.15) is 13.3 Å². The molecule has 0 aliphatic rings. The fourth-order valence-electron chi connectivity index (χ4n) is 1.99. The summed E-state index contributed by atoms with van der Waals surface area (Å²) in [6.07, 6.45) is -0.0728. The molecule has 0 aromatic heterocycles. The van der Waals surface area contributed by atoms with Crippen molar-refractivity contribution >= 4 is 23.2 Å². The molecule has 2 aromatic carbocycles. The molecule has 0 spiro atoms. The summed E-state index contributed by atoms with van der Waals surface area (Å²) >= 11 is 5.92. The van der Waals surface area contributed by atoms with E-state index >= 15 is 0 Å². The number of hydrogen-bond donors (Lipinski definition) is 1. The second-order valence-electron chi connectivity index (χ2n) is 4.66. The highest BCUT2D eigenvalue weighted by Gasteiger charge is 2.19. The van der Waals surface area contributed by atoms with Gasteiger partial charge in [0.05, 0.1) is 12.8 Å². The van der Waals surface area contributed by atoms with Crippen LogP contribution in [0.5, 0.6) is 11.5 Å². The Morgan fingerprint density at radius 1 is 1.23 bits per heavy atom. The van der Waals surface area contributed by atoms with Gasteiger partial charge in [-0.05, 0) is 36.8 Å². The van der Waals surface area contributed by atoms with Gasteiger partial charge in [0.2, 0.25) is 0 Å². The molecule has 4 nitrogen and oxygen atoms in total. The standard InChI is InChI=1S/C17H18ClNO3/c1-3-15(22-13-8-6-7-12(18)11-13)17(20)19-14-9-4-5-10-16(14)21-2/h4-11,15H,3H2,1-2H3,(H,19,20). The maximum absolute atomic E-state index is 12.4. The molecular weight excluding hydrogens is 302 g/mol. The first-order valence-electron chi connectivity index (χ1n) is 7.00. The number of para-hydroxylation sites is 2. The zero-order valence-electron chi connectivity index (χ0n) is 12.5. The van der Waals surface area contributed by atoms with Gasteiger partial charge in [-0.3, -0.25) is 4.79 Å². The highest BCUT2D eigenvalue weighted by atomic mass is 35.5. The van der Waals surface area contributed by atoms with Gasteiger partial charge in [-0.1, -0.05) is 36.7 Å². The van der Waals surface area contributed by atoms with E-state index in [4.69, 9.17) is 21.1 Å². The lowest BCUT2D eigenvalue weighted by atomic mass is 10.2. The molecule has 22 heavy (non-hydrogen) atoms. The van der Waals surface area contributed by atoms with Gasteiger partial charge in [-0.15, -0.1) is 0 Å². The second-order valence-corrected chi connectivity index (χ2v) is 5.10. The van der Waals surface area contributed by atoms with Crippen LogP contribution in [0.25, 0.3) is 0 Å². The fourth-order valence-corrected chi connectivity index (χ4v) is 2.17. The van der Waals surface area contributed by atoms with Crippen LogP contribution in [-0.2, 0) is 4.79 Å². The second kappa shape index (κ2) is 7.71. The quantitative estimate of drug-likeness (QED) is 0.870. The number of hydrogen-bond acceptors (Lipinski definition) is 3. The minimum Gasteiger partial charge on any atom is -0.495 e. The number of rotatable bonds is 6. The summed E-state index contributed by atoms with van der Waals surface area (Å²) in [5, 5.41) is 3.39. The largest absolute Gasteiger partial charge is 0.495 e. The summed E-state index contributed by atoms with van der Waals surface area (Å²) in [4.78, 5) is 12.4. The maximum atomic E-state index is 12.4. The van der Waals surface area contributed by atoms with Gasteiger partial charge in [-0.25, -0.2) is 0 Å². The Labute approximate surface area is 135 Å². The first-order chi connectivity index (χ1) is 10.6. The molecule has 1 N–H and O–H groups in total. The number of amides is 1.